The number of rotatable bonds is 9. The summed E-state index contributed by atoms with van der Waals surface area (Å²) in [5, 5.41) is 26.6. The van der Waals surface area contributed by atoms with Gasteiger partial charge < -0.3 is 15.2 Å². The lowest BCUT2D eigenvalue weighted by atomic mass is 9.98. The second-order valence-electron chi connectivity index (χ2n) is 5.86. The van der Waals surface area contributed by atoms with E-state index in [0.29, 0.717) is 5.69 Å². The summed E-state index contributed by atoms with van der Waals surface area (Å²) >= 11 is 0. The normalized spacial score (nSPS) is 13.3. The number of nitrogens with one attached hydrogen (secondary N) is 1. The average molecular weight is 342 g/mol. The molecular formula is C14H22N4O6. The van der Waals surface area contributed by atoms with Crippen LogP contribution in [0.4, 0.5) is 5.69 Å². The first-order valence-corrected chi connectivity index (χ1v) is 7.30. The van der Waals surface area contributed by atoms with Gasteiger partial charge in [-0.15, -0.1) is 0 Å². The Morgan fingerprint density at radius 3 is 2.54 bits per heavy atom. The van der Waals surface area contributed by atoms with Crippen LogP contribution in [0.15, 0.2) is 0 Å². The van der Waals surface area contributed by atoms with Crippen LogP contribution in [0.3, 0.4) is 0 Å². The van der Waals surface area contributed by atoms with E-state index in [1.54, 1.807) is 13.8 Å². The summed E-state index contributed by atoms with van der Waals surface area (Å²) < 4.78 is 6.37. The van der Waals surface area contributed by atoms with Crippen LogP contribution in [0.2, 0.25) is 0 Å². The smallest absolute Gasteiger partial charge is 0.312 e. The van der Waals surface area contributed by atoms with Gasteiger partial charge in [0.15, 0.2) is 0 Å². The van der Waals surface area contributed by atoms with Gasteiger partial charge >= 0.3 is 11.7 Å². The Labute approximate surface area is 138 Å². The maximum absolute atomic E-state index is 12.1. The number of methoxy groups -OCH3 is 1. The quantitative estimate of drug-likeness (QED) is 0.500. The molecule has 1 aromatic rings. The van der Waals surface area contributed by atoms with E-state index in [4.69, 9.17) is 9.84 Å². The monoisotopic (exact) mass is 342 g/mol. The van der Waals surface area contributed by atoms with Gasteiger partial charge in [0, 0.05) is 13.5 Å². The third-order valence-corrected chi connectivity index (χ3v) is 3.52. The molecule has 0 aromatic carbocycles. The minimum absolute atomic E-state index is 0.0119. The molecule has 0 saturated heterocycles. The van der Waals surface area contributed by atoms with Gasteiger partial charge in [0.25, 0.3) is 0 Å². The molecule has 2 N–H and O–H groups in total. The van der Waals surface area contributed by atoms with Gasteiger partial charge in [-0.3, -0.25) is 24.4 Å². The zero-order valence-corrected chi connectivity index (χ0v) is 14.2. The lowest BCUT2D eigenvalue weighted by Crippen LogP contribution is -2.50. The van der Waals surface area contributed by atoms with Crippen molar-refractivity contribution in [3.05, 3.63) is 21.5 Å². The molecule has 134 valence electrons. The maximum Gasteiger partial charge on any atom is 0.312 e. The predicted octanol–water partition coefficient (Wildman–Crippen LogP) is 0.794. The summed E-state index contributed by atoms with van der Waals surface area (Å²) in [7, 11) is 1.42. The molecule has 1 atom stereocenters. The Morgan fingerprint density at radius 2 is 2.08 bits per heavy atom. The van der Waals surface area contributed by atoms with Crippen LogP contribution in [-0.4, -0.2) is 50.9 Å². The minimum atomic E-state index is -1.05. The zero-order chi connectivity index (χ0) is 18.5. The summed E-state index contributed by atoms with van der Waals surface area (Å²) in [6.07, 6.45) is -0.268. The molecule has 0 bridgehead atoms. The van der Waals surface area contributed by atoms with Crippen LogP contribution in [0.5, 0.6) is 0 Å². The molecule has 1 aromatic heterocycles. The van der Waals surface area contributed by atoms with Crippen molar-refractivity contribution in [2.24, 2.45) is 0 Å². The highest BCUT2D eigenvalue weighted by atomic mass is 16.6. The first kappa shape index (κ1) is 19.6. The second-order valence-corrected chi connectivity index (χ2v) is 5.86. The number of aliphatic carboxylic acids is 1. The van der Waals surface area contributed by atoms with Crippen LogP contribution in [0.25, 0.3) is 0 Å². The molecule has 0 aliphatic carbocycles. The molecule has 1 heterocycles. The van der Waals surface area contributed by atoms with Crippen molar-refractivity contribution in [1.82, 2.24) is 15.1 Å². The van der Waals surface area contributed by atoms with Crippen LogP contribution in [-0.2, 0) is 20.9 Å². The van der Waals surface area contributed by atoms with E-state index < -0.39 is 16.4 Å². The summed E-state index contributed by atoms with van der Waals surface area (Å²) in [5.41, 5.74) is -0.437. The highest BCUT2D eigenvalue weighted by molar-refractivity contribution is 5.78. The highest BCUT2D eigenvalue weighted by Gasteiger charge is 2.29. The van der Waals surface area contributed by atoms with Crippen molar-refractivity contribution < 1.29 is 24.4 Å². The molecular weight excluding hydrogens is 320 g/mol. The van der Waals surface area contributed by atoms with Crippen LogP contribution < -0.4 is 5.32 Å². The number of amides is 1. The van der Waals surface area contributed by atoms with Gasteiger partial charge in [-0.2, -0.15) is 5.10 Å². The van der Waals surface area contributed by atoms with Crippen molar-refractivity contribution >= 4 is 17.6 Å². The van der Waals surface area contributed by atoms with Gasteiger partial charge in [-0.25, -0.2) is 0 Å². The van der Waals surface area contributed by atoms with Gasteiger partial charge in [-0.1, -0.05) is 0 Å². The Kier molecular flexibility index (Phi) is 6.41. The highest BCUT2D eigenvalue weighted by Crippen LogP contribution is 2.22. The number of carbonyl (C=O) groups is 2. The molecule has 24 heavy (non-hydrogen) atoms. The molecule has 0 spiro atoms. The number of hydrogen-bond donors (Lipinski definition) is 2. The van der Waals surface area contributed by atoms with Gasteiger partial charge in [-0.05, 0) is 20.8 Å². The van der Waals surface area contributed by atoms with Gasteiger partial charge in [0.2, 0.25) is 5.91 Å². The first-order chi connectivity index (χ1) is 11.1. The Balaban J connectivity index is 2.74. The van der Waals surface area contributed by atoms with Gasteiger partial charge in [0.1, 0.15) is 11.4 Å². The number of carbonyl (C=O) groups excluding carboxylic acids is 1. The van der Waals surface area contributed by atoms with Crippen molar-refractivity contribution in [2.75, 3.05) is 13.7 Å². The maximum atomic E-state index is 12.1. The molecule has 0 aliphatic rings. The largest absolute Gasteiger partial charge is 0.481 e. The number of aromatic nitrogens is 2. The molecule has 1 unspecified atom stereocenters. The molecule has 0 fully saturated rings. The number of nitrogens with zero attached hydrogens (tertiary/aromatic N) is 3. The van der Waals surface area contributed by atoms with Crippen molar-refractivity contribution in [2.45, 2.75) is 45.7 Å². The minimum Gasteiger partial charge on any atom is -0.481 e. The number of ether oxygens (including phenoxy) is 1. The van der Waals surface area contributed by atoms with Crippen molar-refractivity contribution in [3.8, 4) is 0 Å². The number of aryl methyl sites for hydroxylation is 2. The van der Waals surface area contributed by atoms with E-state index in [1.807, 2.05) is 0 Å². The van der Waals surface area contributed by atoms with E-state index in [-0.39, 0.29) is 43.3 Å². The zero-order valence-electron chi connectivity index (χ0n) is 14.2. The number of carboxylic acid groups (broad SMARTS) is 1. The molecule has 1 amide bonds. The van der Waals surface area contributed by atoms with E-state index in [1.165, 1.54) is 18.7 Å². The molecule has 0 radical (unpaired) electrons. The second kappa shape index (κ2) is 7.86. The molecule has 10 nitrogen and oxygen atoms in total. The van der Waals surface area contributed by atoms with Crippen LogP contribution >= 0.6 is 0 Å². The molecule has 0 aliphatic heterocycles. The topological polar surface area (TPSA) is 137 Å². The van der Waals surface area contributed by atoms with E-state index in [0.717, 1.165) is 0 Å². The van der Waals surface area contributed by atoms with E-state index in [2.05, 4.69) is 10.4 Å². The van der Waals surface area contributed by atoms with Crippen LogP contribution in [0, 0.1) is 24.0 Å². The number of carboxylic acids is 1. The standard InChI is InChI=1S/C14H22N4O6/c1-9-13(18(22)23)10(2)17(16-9)6-5-11(19)15-14(3,8-24-4)7-12(20)21/h5-8H2,1-4H3,(H,15,19)(H,20,21). The molecule has 1 rings (SSSR count). The van der Waals surface area contributed by atoms with Crippen LogP contribution in [0.1, 0.15) is 31.2 Å². The fourth-order valence-corrected chi connectivity index (χ4v) is 2.56. The summed E-state index contributed by atoms with van der Waals surface area (Å²) in [5.74, 6) is -1.44. The Morgan fingerprint density at radius 1 is 1.46 bits per heavy atom. The summed E-state index contributed by atoms with van der Waals surface area (Å²) in [4.78, 5) is 33.5. The fourth-order valence-electron chi connectivity index (χ4n) is 2.56. The van der Waals surface area contributed by atoms with Gasteiger partial charge in [0.05, 0.1) is 30.0 Å². The van der Waals surface area contributed by atoms with Crippen molar-refractivity contribution in [1.29, 1.82) is 0 Å². The Bertz CT molecular complexity index is 641. The lowest BCUT2D eigenvalue weighted by Gasteiger charge is -2.28. The lowest BCUT2D eigenvalue weighted by molar-refractivity contribution is -0.386. The van der Waals surface area contributed by atoms with Crippen molar-refractivity contribution in [3.63, 3.8) is 0 Å². The summed E-state index contributed by atoms with van der Waals surface area (Å²) in [6.45, 7) is 4.88. The molecule has 10 heteroatoms. The predicted molar refractivity (Wildman–Crippen MR) is 83.6 cm³/mol. The summed E-state index contributed by atoms with van der Waals surface area (Å²) in [6, 6.07) is 0. The third kappa shape index (κ3) is 5.01. The molecule has 0 saturated carbocycles. The Hall–Kier alpha value is -2.49. The number of nitro groups is 1. The average Bonchev–Trinajstić information content (AvgIpc) is 2.69. The SMILES string of the molecule is COCC(C)(CC(=O)O)NC(=O)CCn1nc(C)c([N+](=O)[O-])c1C. The van der Waals surface area contributed by atoms with E-state index >= 15 is 0 Å². The van der Waals surface area contributed by atoms with E-state index in [9.17, 15) is 19.7 Å². The number of hydrogen-bond acceptors (Lipinski definition) is 6. The fraction of sp³-hybridized carbons (Fsp3) is 0.643. The first-order valence-electron chi connectivity index (χ1n) is 7.30. The third-order valence-electron chi connectivity index (χ3n) is 3.52.